The van der Waals surface area contributed by atoms with E-state index in [4.69, 9.17) is 4.74 Å². The molecule has 0 saturated carbocycles. The number of carbonyl (C=O) groups excluding carboxylic acids is 1. The number of pyridine rings is 3. The van der Waals surface area contributed by atoms with Gasteiger partial charge in [-0.05, 0) is 47.0 Å². The molecular formula is C24H20N4O2. The van der Waals surface area contributed by atoms with E-state index in [1.165, 1.54) is 6.92 Å². The molecule has 1 amide bonds. The molecule has 148 valence electrons. The number of amides is 1. The van der Waals surface area contributed by atoms with Gasteiger partial charge in [-0.1, -0.05) is 30.3 Å². The second-order valence-electron chi connectivity index (χ2n) is 6.71. The molecule has 3 aromatic heterocycles. The number of carbonyl (C=O) groups is 1. The molecule has 0 atom stereocenters. The van der Waals surface area contributed by atoms with Crippen molar-refractivity contribution in [2.24, 2.45) is 0 Å². The molecule has 3 heterocycles. The molecule has 0 aliphatic heterocycles. The fourth-order valence-corrected chi connectivity index (χ4v) is 3.00. The van der Waals surface area contributed by atoms with Crippen LogP contribution in [0.1, 0.15) is 12.5 Å². The first kappa shape index (κ1) is 19.3. The minimum Gasteiger partial charge on any atom is -0.473 e. The highest BCUT2D eigenvalue weighted by molar-refractivity contribution is 5.88. The Morgan fingerprint density at radius 1 is 0.933 bits per heavy atom. The summed E-state index contributed by atoms with van der Waals surface area (Å²) < 4.78 is 5.99. The van der Waals surface area contributed by atoms with Gasteiger partial charge in [-0.3, -0.25) is 9.78 Å². The molecule has 1 aromatic carbocycles. The van der Waals surface area contributed by atoms with Crippen molar-refractivity contribution in [1.29, 1.82) is 0 Å². The average molecular weight is 396 g/mol. The minimum absolute atomic E-state index is 0.169. The van der Waals surface area contributed by atoms with Gasteiger partial charge < -0.3 is 10.1 Å². The first-order chi connectivity index (χ1) is 14.7. The number of rotatable bonds is 6. The number of nitrogens with one attached hydrogen (secondary N) is 1. The lowest BCUT2D eigenvalue weighted by molar-refractivity contribution is -0.114. The minimum atomic E-state index is -0.169. The number of ether oxygens (including phenoxy) is 1. The summed E-state index contributed by atoms with van der Waals surface area (Å²) in [4.78, 5) is 24.4. The van der Waals surface area contributed by atoms with E-state index in [2.05, 4.69) is 20.3 Å². The van der Waals surface area contributed by atoms with Gasteiger partial charge in [0.1, 0.15) is 12.4 Å². The zero-order valence-corrected chi connectivity index (χ0v) is 16.4. The van der Waals surface area contributed by atoms with Gasteiger partial charge in [0.25, 0.3) is 0 Å². The number of nitrogens with zero attached hydrogens (tertiary/aromatic N) is 3. The fraction of sp³-hybridized carbons (Fsp3) is 0.0833. The van der Waals surface area contributed by atoms with E-state index in [9.17, 15) is 4.79 Å². The van der Waals surface area contributed by atoms with E-state index in [-0.39, 0.29) is 5.91 Å². The van der Waals surface area contributed by atoms with E-state index in [1.807, 2.05) is 66.7 Å². The largest absolute Gasteiger partial charge is 0.473 e. The third kappa shape index (κ3) is 4.86. The van der Waals surface area contributed by atoms with Gasteiger partial charge in [-0.15, -0.1) is 0 Å². The van der Waals surface area contributed by atoms with Crippen molar-refractivity contribution in [2.45, 2.75) is 13.5 Å². The van der Waals surface area contributed by atoms with Crippen LogP contribution >= 0.6 is 0 Å². The SMILES string of the molecule is CC(=O)Nc1cc(-c2cc(OCc3ccccc3)nc(-c3cccnc3)c2)ccn1. The summed E-state index contributed by atoms with van der Waals surface area (Å²) in [5, 5.41) is 2.72. The Kier molecular flexibility index (Phi) is 5.75. The second-order valence-corrected chi connectivity index (χ2v) is 6.71. The first-order valence-electron chi connectivity index (χ1n) is 9.50. The Morgan fingerprint density at radius 3 is 2.57 bits per heavy atom. The fourth-order valence-electron chi connectivity index (χ4n) is 3.00. The number of aromatic nitrogens is 3. The van der Waals surface area contributed by atoms with Crippen molar-refractivity contribution in [2.75, 3.05) is 5.32 Å². The lowest BCUT2D eigenvalue weighted by atomic mass is 10.0. The molecular weight excluding hydrogens is 376 g/mol. The van der Waals surface area contributed by atoms with Crippen molar-refractivity contribution in [3.8, 4) is 28.3 Å². The van der Waals surface area contributed by atoms with Crippen LogP contribution in [0, 0.1) is 0 Å². The van der Waals surface area contributed by atoms with Crippen molar-refractivity contribution in [3.05, 3.63) is 90.9 Å². The van der Waals surface area contributed by atoms with Crippen LogP contribution in [-0.4, -0.2) is 20.9 Å². The molecule has 0 saturated heterocycles. The van der Waals surface area contributed by atoms with E-state index in [1.54, 1.807) is 18.6 Å². The molecule has 0 radical (unpaired) electrons. The Morgan fingerprint density at radius 2 is 1.80 bits per heavy atom. The van der Waals surface area contributed by atoms with Crippen LogP contribution in [0.15, 0.2) is 85.3 Å². The molecule has 0 aliphatic carbocycles. The number of benzene rings is 1. The van der Waals surface area contributed by atoms with Crippen molar-refractivity contribution >= 4 is 11.7 Å². The summed E-state index contributed by atoms with van der Waals surface area (Å²) in [6, 6.07) is 21.3. The standard InChI is InChI=1S/C24H20N4O2/c1-17(29)27-23-13-19(9-11-26-23)21-12-22(20-8-5-10-25-15-20)28-24(14-21)30-16-18-6-3-2-4-7-18/h2-15H,16H2,1H3,(H,26,27,29). The Labute approximate surface area is 174 Å². The summed E-state index contributed by atoms with van der Waals surface area (Å²) in [5.41, 5.74) is 4.50. The number of hydrogen-bond acceptors (Lipinski definition) is 5. The van der Waals surface area contributed by atoms with Crippen molar-refractivity contribution in [3.63, 3.8) is 0 Å². The molecule has 30 heavy (non-hydrogen) atoms. The highest BCUT2D eigenvalue weighted by Gasteiger charge is 2.10. The first-order valence-corrected chi connectivity index (χ1v) is 9.50. The molecule has 6 heteroatoms. The normalized spacial score (nSPS) is 10.4. The lowest BCUT2D eigenvalue weighted by Crippen LogP contribution is -2.07. The maximum atomic E-state index is 11.4. The molecule has 0 fully saturated rings. The zero-order valence-electron chi connectivity index (χ0n) is 16.4. The van der Waals surface area contributed by atoms with E-state index < -0.39 is 0 Å². The molecule has 0 aliphatic rings. The van der Waals surface area contributed by atoms with E-state index >= 15 is 0 Å². The number of hydrogen-bond donors (Lipinski definition) is 1. The van der Waals surface area contributed by atoms with Crippen LogP contribution in [0.2, 0.25) is 0 Å². The van der Waals surface area contributed by atoms with Gasteiger partial charge in [0.05, 0.1) is 5.69 Å². The molecule has 4 rings (SSSR count). The highest BCUT2D eigenvalue weighted by Crippen LogP contribution is 2.29. The smallest absolute Gasteiger partial charge is 0.222 e. The molecule has 0 spiro atoms. The summed E-state index contributed by atoms with van der Waals surface area (Å²) >= 11 is 0. The van der Waals surface area contributed by atoms with Gasteiger partial charge in [0.2, 0.25) is 11.8 Å². The van der Waals surface area contributed by atoms with Gasteiger partial charge in [-0.2, -0.15) is 0 Å². The Balaban J connectivity index is 1.71. The van der Waals surface area contributed by atoms with Crippen LogP contribution in [-0.2, 0) is 11.4 Å². The Hall–Kier alpha value is -4.06. The average Bonchev–Trinajstić information content (AvgIpc) is 2.78. The molecule has 1 N–H and O–H groups in total. The summed E-state index contributed by atoms with van der Waals surface area (Å²) in [5.74, 6) is 0.830. The zero-order chi connectivity index (χ0) is 20.8. The maximum absolute atomic E-state index is 11.4. The van der Waals surface area contributed by atoms with Crippen LogP contribution in [0.5, 0.6) is 5.88 Å². The topological polar surface area (TPSA) is 77.0 Å². The maximum Gasteiger partial charge on any atom is 0.222 e. The third-order valence-electron chi connectivity index (χ3n) is 4.39. The summed E-state index contributed by atoms with van der Waals surface area (Å²) in [6.45, 7) is 1.87. The molecule has 0 unspecified atom stereocenters. The molecule has 0 bridgehead atoms. The van der Waals surface area contributed by atoms with Crippen LogP contribution in [0.4, 0.5) is 5.82 Å². The lowest BCUT2D eigenvalue weighted by Gasteiger charge is -2.11. The number of anilines is 1. The quantitative estimate of drug-likeness (QED) is 0.509. The van der Waals surface area contributed by atoms with Crippen LogP contribution in [0.25, 0.3) is 22.4 Å². The van der Waals surface area contributed by atoms with Crippen LogP contribution in [0.3, 0.4) is 0 Å². The third-order valence-corrected chi connectivity index (χ3v) is 4.39. The predicted molar refractivity (Wildman–Crippen MR) is 116 cm³/mol. The Bertz CT molecular complexity index is 1150. The van der Waals surface area contributed by atoms with Crippen molar-refractivity contribution in [1.82, 2.24) is 15.0 Å². The monoisotopic (exact) mass is 396 g/mol. The molecule has 4 aromatic rings. The molecule has 6 nitrogen and oxygen atoms in total. The van der Waals surface area contributed by atoms with Crippen molar-refractivity contribution < 1.29 is 9.53 Å². The van der Waals surface area contributed by atoms with Gasteiger partial charge >= 0.3 is 0 Å². The van der Waals surface area contributed by atoms with Gasteiger partial charge in [-0.25, -0.2) is 9.97 Å². The van der Waals surface area contributed by atoms with E-state index in [0.717, 1.165) is 27.9 Å². The highest BCUT2D eigenvalue weighted by atomic mass is 16.5. The second kappa shape index (κ2) is 8.96. The predicted octanol–water partition coefficient (Wildman–Crippen LogP) is 4.74. The summed E-state index contributed by atoms with van der Waals surface area (Å²) in [7, 11) is 0. The van der Waals surface area contributed by atoms with Gasteiger partial charge in [0.15, 0.2) is 0 Å². The van der Waals surface area contributed by atoms with Crippen LogP contribution < -0.4 is 10.1 Å². The van der Waals surface area contributed by atoms with E-state index in [0.29, 0.717) is 18.3 Å². The van der Waals surface area contributed by atoms with Gasteiger partial charge in [0, 0.05) is 37.1 Å². The summed E-state index contributed by atoms with van der Waals surface area (Å²) in [6.07, 6.45) is 5.15.